The van der Waals surface area contributed by atoms with Crippen LogP contribution in [0.4, 0.5) is 0 Å². The summed E-state index contributed by atoms with van der Waals surface area (Å²) in [7, 11) is 0. The first-order valence-electron chi connectivity index (χ1n) is 5.69. The first kappa shape index (κ1) is 9.86. The van der Waals surface area contributed by atoms with Crippen molar-refractivity contribution in [3.05, 3.63) is 0 Å². The predicted octanol–water partition coefficient (Wildman–Crippen LogP) is 2.32. The van der Waals surface area contributed by atoms with E-state index in [0.717, 1.165) is 12.0 Å². The predicted molar refractivity (Wildman–Crippen MR) is 66.3 cm³/mol. The molecule has 0 saturated carbocycles. The van der Waals surface area contributed by atoms with E-state index in [-0.39, 0.29) is 0 Å². The highest BCUT2D eigenvalue weighted by molar-refractivity contribution is 7.99. The van der Waals surface area contributed by atoms with Crippen molar-refractivity contribution in [3.8, 4) is 0 Å². The van der Waals surface area contributed by atoms with Gasteiger partial charge in [0.15, 0.2) is 0 Å². The van der Waals surface area contributed by atoms with Crippen molar-refractivity contribution in [2.75, 3.05) is 30.1 Å². The third kappa shape index (κ3) is 1.28. The quantitative estimate of drug-likeness (QED) is 0.715. The van der Waals surface area contributed by atoms with E-state index in [1.54, 1.807) is 0 Å². The molecule has 1 nitrogen and oxygen atoms in total. The average molecular weight is 229 g/mol. The number of thioether (sulfide) groups is 2. The molecule has 3 fully saturated rings. The zero-order valence-corrected chi connectivity index (χ0v) is 10.5. The van der Waals surface area contributed by atoms with E-state index in [9.17, 15) is 0 Å². The van der Waals surface area contributed by atoms with Crippen molar-refractivity contribution < 1.29 is 0 Å². The second-order valence-electron chi connectivity index (χ2n) is 5.02. The third-order valence-electron chi connectivity index (χ3n) is 4.27. The molecule has 3 heteroatoms. The van der Waals surface area contributed by atoms with E-state index in [4.69, 9.17) is 0 Å². The third-order valence-corrected chi connectivity index (χ3v) is 6.34. The molecule has 3 unspecified atom stereocenters. The fraction of sp³-hybridized carbons (Fsp3) is 1.00. The summed E-state index contributed by atoms with van der Waals surface area (Å²) in [6.07, 6.45) is 6.71. The van der Waals surface area contributed by atoms with Crippen LogP contribution in [0.2, 0.25) is 0 Å². The lowest BCUT2D eigenvalue weighted by molar-refractivity contribution is 0.181. The molecular formula is C11H19NS2. The minimum Gasteiger partial charge on any atom is -0.293 e. The van der Waals surface area contributed by atoms with Crippen LogP contribution < -0.4 is 0 Å². The zero-order chi connectivity index (χ0) is 9.60. The molecule has 14 heavy (non-hydrogen) atoms. The van der Waals surface area contributed by atoms with Gasteiger partial charge in [0.05, 0.1) is 0 Å². The topological polar surface area (TPSA) is 3.24 Å². The summed E-state index contributed by atoms with van der Waals surface area (Å²) in [6.45, 7) is 1.39. The number of rotatable bonds is 2. The Bertz CT molecular complexity index is 233. The fourth-order valence-electron chi connectivity index (χ4n) is 3.79. The molecule has 3 atom stereocenters. The van der Waals surface area contributed by atoms with Crippen LogP contribution >= 0.6 is 23.5 Å². The molecule has 0 spiro atoms. The molecule has 0 N–H and O–H groups in total. The number of hydrogen-bond acceptors (Lipinski definition) is 3. The lowest BCUT2D eigenvalue weighted by atomic mass is 9.91. The minimum atomic E-state index is 0.635. The van der Waals surface area contributed by atoms with Crippen molar-refractivity contribution in [2.24, 2.45) is 5.92 Å². The lowest BCUT2D eigenvalue weighted by Gasteiger charge is -2.34. The van der Waals surface area contributed by atoms with E-state index in [2.05, 4.69) is 34.7 Å². The highest BCUT2D eigenvalue weighted by Gasteiger charge is 2.54. The van der Waals surface area contributed by atoms with Crippen molar-refractivity contribution in [1.82, 2.24) is 4.90 Å². The lowest BCUT2D eigenvalue weighted by Crippen LogP contribution is -2.44. The minimum absolute atomic E-state index is 0.635. The summed E-state index contributed by atoms with van der Waals surface area (Å²) in [5.74, 6) is 5.27. The molecule has 0 aromatic heterocycles. The van der Waals surface area contributed by atoms with E-state index in [1.807, 2.05) is 0 Å². The first-order valence-corrected chi connectivity index (χ1v) is 8.24. The van der Waals surface area contributed by atoms with Gasteiger partial charge < -0.3 is 0 Å². The average Bonchev–Trinajstić information content (AvgIpc) is 2.74. The maximum Gasteiger partial charge on any atom is 0.0307 e. The van der Waals surface area contributed by atoms with Gasteiger partial charge in [-0.1, -0.05) is 0 Å². The molecule has 3 aliphatic heterocycles. The Kier molecular flexibility index (Phi) is 2.53. The van der Waals surface area contributed by atoms with Gasteiger partial charge in [-0.15, -0.1) is 0 Å². The molecule has 3 rings (SSSR count). The second-order valence-corrected chi connectivity index (χ2v) is 6.96. The molecule has 80 valence electrons. The maximum absolute atomic E-state index is 2.88. The van der Waals surface area contributed by atoms with Crippen LogP contribution in [0, 0.1) is 5.92 Å². The molecule has 0 radical (unpaired) electrons. The normalized spacial score (nSPS) is 46.9. The van der Waals surface area contributed by atoms with Gasteiger partial charge >= 0.3 is 0 Å². The Labute approximate surface area is 95.4 Å². The van der Waals surface area contributed by atoms with Crippen molar-refractivity contribution in [2.45, 2.75) is 30.8 Å². The molecule has 3 aliphatic rings. The molecule has 0 aromatic rings. The smallest absolute Gasteiger partial charge is 0.0307 e. The van der Waals surface area contributed by atoms with Crippen LogP contribution in [0.3, 0.4) is 0 Å². The van der Waals surface area contributed by atoms with Gasteiger partial charge in [0.1, 0.15) is 0 Å². The van der Waals surface area contributed by atoms with Gasteiger partial charge in [-0.05, 0) is 43.7 Å². The van der Waals surface area contributed by atoms with E-state index in [0.29, 0.717) is 5.54 Å². The van der Waals surface area contributed by atoms with Gasteiger partial charge in [0, 0.05) is 23.1 Å². The van der Waals surface area contributed by atoms with Gasteiger partial charge in [-0.2, -0.15) is 23.5 Å². The standard InChI is InChI=1S/C11H19NS2/c1-13-8-11-3-2-4-12(11)10-7-14-6-9(10)5-11/h9-10H,2-8H2,1H3. The monoisotopic (exact) mass is 229 g/mol. The summed E-state index contributed by atoms with van der Waals surface area (Å²) in [5.41, 5.74) is 0.635. The first-order chi connectivity index (χ1) is 6.86. The Morgan fingerprint density at radius 3 is 3.29 bits per heavy atom. The zero-order valence-electron chi connectivity index (χ0n) is 8.87. The van der Waals surface area contributed by atoms with E-state index >= 15 is 0 Å². The van der Waals surface area contributed by atoms with Crippen LogP contribution in [0.25, 0.3) is 0 Å². The Morgan fingerprint density at radius 2 is 2.43 bits per heavy atom. The largest absolute Gasteiger partial charge is 0.293 e. The van der Waals surface area contributed by atoms with Crippen LogP contribution in [-0.4, -0.2) is 46.5 Å². The van der Waals surface area contributed by atoms with Crippen molar-refractivity contribution in [3.63, 3.8) is 0 Å². The van der Waals surface area contributed by atoms with E-state index < -0.39 is 0 Å². The fourth-order valence-corrected chi connectivity index (χ4v) is 6.23. The molecular weight excluding hydrogens is 210 g/mol. The summed E-state index contributed by atoms with van der Waals surface area (Å²) in [4.78, 5) is 2.88. The number of fused-ring (bicyclic) bond motifs is 3. The van der Waals surface area contributed by atoms with Gasteiger partial charge in [-0.3, -0.25) is 4.90 Å². The van der Waals surface area contributed by atoms with Crippen LogP contribution in [0.1, 0.15) is 19.3 Å². The molecule has 0 aliphatic carbocycles. The van der Waals surface area contributed by atoms with Crippen LogP contribution in [0.5, 0.6) is 0 Å². The van der Waals surface area contributed by atoms with Gasteiger partial charge in [-0.25, -0.2) is 0 Å². The second kappa shape index (κ2) is 3.60. The highest BCUT2D eigenvalue weighted by atomic mass is 32.2. The molecule has 0 aromatic carbocycles. The summed E-state index contributed by atoms with van der Waals surface area (Å²) in [5, 5.41) is 0. The highest BCUT2D eigenvalue weighted by Crippen LogP contribution is 2.50. The Hall–Kier alpha value is 0.660. The summed E-state index contributed by atoms with van der Waals surface area (Å²) < 4.78 is 0. The van der Waals surface area contributed by atoms with E-state index in [1.165, 1.54) is 43.1 Å². The summed E-state index contributed by atoms with van der Waals surface area (Å²) in [6, 6.07) is 0.953. The number of nitrogens with zero attached hydrogens (tertiary/aromatic N) is 1. The van der Waals surface area contributed by atoms with Gasteiger partial charge in [0.2, 0.25) is 0 Å². The molecule has 0 bridgehead atoms. The molecule has 3 saturated heterocycles. The molecule has 0 amide bonds. The summed E-state index contributed by atoms with van der Waals surface area (Å²) >= 11 is 4.24. The number of hydrogen-bond donors (Lipinski definition) is 0. The maximum atomic E-state index is 2.88. The van der Waals surface area contributed by atoms with Crippen molar-refractivity contribution in [1.29, 1.82) is 0 Å². The molecule has 3 heterocycles. The van der Waals surface area contributed by atoms with Crippen molar-refractivity contribution >= 4 is 23.5 Å². The Balaban J connectivity index is 1.84. The van der Waals surface area contributed by atoms with Crippen LogP contribution in [-0.2, 0) is 0 Å². The SMILES string of the molecule is CSCC12CCCN1C1CSCC1C2. The van der Waals surface area contributed by atoms with Gasteiger partial charge in [0.25, 0.3) is 0 Å². The Morgan fingerprint density at radius 1 is 1.50 bits per heavy atom. The van der Waals surface area contributed by atoms with Crippen LogP contribution in [0.15, 0.2) is 0 Å².